The average Bonchev–Trinajstić information content (AvgIpc) is 2.93. The van der Waals surface area contributed by atoms with Crippen molar-refractivity contribution in [2.45, 2.75) is 20.4 Å². The molecule has 0 spiro atoms. The Hall–Kier alpha value is -2.09. The summed E-state index contributed by atoms with van der Waals surface area (Å²) in [5, 5.41) is 5.22. The molecule has 1 saturated heterocycles. The number of urea groups is 1. The van der Waals surface area contributed by atoms with Crippen molar-refractivity contribution in [3.05, 3.63) is 34.9 Å². The molecular weight excluding hydrogens is 252 g/mol. The summed E-state index contributed by atoms with van der Waals surface area (Å²) in [5.74, 6) is 0.644. The first-order valence-electron chi connectivity index (χ1n) is 5.26. The number of nitrogens with zero attached hydrogens (tertiary/aromatic N) is 5. The van der Waals surface area contributed by atoms with Gasteiger partial charge < -0.3 is 0 Å². The molecule has 0 aliphatic carbocycles. The van der Waals surface area contributed by atoms with Gasteiger partial charge in [-0.15, -0.1) is 5.10 Å². The van der Waals surface area contributed by atoms with Crippen molar-refractivity contribution in [3.63, 3.8) is 0 Å². The summed E-state index contributed by atoms with van der Waals surface area (Å²) in [4.78, 5) is 19.6. The number of amides is 2. The van der Waals surface area contributed by atoms with Crippen molar-refractivity contribution in [3.8, 4) is 0 Å². The van der Waals surface area contributed by atoms with Crippen LogP contribution < -0.4 is 5.43 Å². The summed E-state index contributed by atoms with van der Waals surface area (Å²) < 4.78 is 3.71. The maximum Gasteiger partial charge on any atom is 0.355 e. The van der Waals surface area contributed by atoms with Crippen molar-refractivity contribution in [1.82, 2.24) is 30.0 Å². The van der Waals surface area contributed by atoms with Gasteiger partial charge in [0.25, 0.3) is 0 Å². The van der Waals surface area contributed by atoms with E-state index in [1.807, 2.05) is 13.8 Å². The van der Waals surface area contributed by atoms with Gasteiger partial charge in [0.15, 0.2) is 0 Å². The van der Waals surface area contributed by atoms with Crippen LogP contribution in [0.15, 0.2) is 18.5 Å². The van der Waals surface area contributed by atoms with Gasteiger partial charge in [-0.2, -0.15) is 0 Å². The van der Waals surface area contributed by atoms with Crippen LogP contribution in [0.2, 0.25) is 0 Å². The number of hydrogen-bond acceptors (Lipinski definition) is 6. The summed E-state index contributed by atoms with van der Waals surface area (Å²) in [6.45, 7) is 4.42. The lowest BCUT2D eigenvalue weighted by atomic mass is 10.4. The SMILES string of the molecule is Cc1nnsc1C.O=C1NN1Cc1ncccn1. The van der Waals surface area contributed by atoms with Gasteiger partial charge in [0.05, 0.1) is 5.69 Å². The molecule has 2 aromatic rings. The van der Waals surface area contributed by atoms with Gasteiger partial charge >= 0.3 is 6.03 Å². The fraction of sp³-hybridized carbons (Fsp3) is 0.300. The van der Waals surface area contributed by atoms with Crippen LogP contribution in [-0.4, -0.2) is 30.6 Å². The van der Waals surface area contributed by atoms with Crippen molar-refractivity contribution >= 4 is 17.6 Å². The molecule has 1 aliphatic heterocycles. The summed E-state index contributed by atoms with van der Waals surface area (Å²) >= 11 is 1.44. The molecule has 0 saturated carbocycles. The normalized spacial score (nSPS) is 12.6. The van der Waals surface area contributed by atoms with Gasteiger partial charge in [-0.05, 0) is 31.4 Å². The lowest BCUT2D eigenvalue weighted by Crippen LogP contribution is -2.04. The van der Waals surface area contributed by atoms with Gasteiger partial charge in [-0.3, -0.25) is 0 Å². The summed E-state index contributed by atoms with van der Waals surface area (Å²) in [6, 6.07) is 1.67. The Morgan fingerprint density at radius 1 is 1.33 bits per heavy atom. The fourth-order valence-electron chi connectivity index (χ4n) is 1.03. The molecule has 1 aliphatic rings. The number of aryl methyl sites for hydroxylation is 2. The Morgan fingerprint density at radius 2 is 2.00 bits per heavy atom. The zero-order valence-corrected chi connectivity index (χ0v) is 10.8. The number of aromatic nitrogens is 4. The molecule has 1 fully saturated rings. The molecule has 0 radical (unpaired) electrons. The van der Waals surface area contributed by atoms with Crippen molar-refractivity contribution in [1.29, 1.82) is 0 Å². The molecule has 94 valence electrons. The maximum atomic E-state index is 10.5. The number of hydrazine groups is 1. The zero-order valence-electron chi connectivity index (χ0n) is 9.99. The Labute approximate surface area is 108 Å². The van der Waals surface area contributed by atoms with E-state index in [0.717, 1.165) is 5.69 Å². The summed E-state index contributed by atoms with van der Waals surface area (Å²) in [7, 11) is 0. The highest BCUT2D eigenvalue weighted by atomic mass is 32.1. The van der Waals surface area contributed by atoms with Gasteiger partial charge in [-0.1, -0.05) is 4.49 Å². The highest BCUT2D eigenvalue weighted by Crippen LogP contribution is 2.04. The number of carbonyl (C=O) groups is 1. The third-order valence-corrected chi connectivity index (χ3v) is 2.96. The second kappa shape index (κ2) is 5.50. The smallest absolute Gasteiger partial charge is 0.245 e. The van der Waals surface area contributed by atoms with E-state index < -0.39 is 0 Å². The van der Waals surface area contributed by atoms with Crippen molar-refractivity contribution in [2.24, 2.45) is 0 Å². The van der Waals surface area contributed by atoms with Crippen LogP contribution >= 0.6 is 11.5 Å². The highest BCUT2D eigenvalue weighted by molar-refractivity contribution is 7.05. The van der Waals surface area contributed by atoms with Gasteiger partial charge in [0.1, 0.15) is 12.4 Å². The van der Waals surface area contributed by atoms with Crippen molar-refractivity contribution in [2.75, 3.05) is 0 Å². The average molecular weight is 264 g/mol. The predicted molar refractivity (Wildman–Crippen MR) is 65.5 cm³/mol. The number of carbonyl (C=O) groups excluding carboxylic acids is 1. The van der Waals surface area contributed by atoms with Crippen LogP contribution in [0.3, 0.4) is 0 Å². The van der Waals surface area contributed by atoms with Gasteiger partial charge in [-0.25, -0.2) is 25.2 Å². The lowest BCUT2D eigenvalue weighted by molar-refractivity contribution is 0.257. The van der Waals surface area contributed by atoms with Crippen molar-refractivity contribution < 1.29 is 4.79 Å². The second-order valence-corrected chi connectivity index (χ2v) is 4.54. The van der Waals surface area contributed by atoms with Crippen LogP contribution in [-0.2, 0) is 6.54 Å². The van der Waals surface area contributed by atoms with E-state index in [9.17, 15) is 4.79 Å². The Bertz CT molecular complexity index is 512. The maximum absolute atomic E-state index is 10.5. The molecule has 7 nitrogen and oxygen atoms in total. The quantitative estimate of drug-likeness (QED) is 0.819. The third-order valence-electron chi connectivity index (χ3n) is 2.22. The first kappa shape index (κ1) is 12.4. The predicted octanol–water partition coefficient (Wildman–Crippen LogP) is 1.07. The topological polar surface area (TPSA) is 93.6 Å². The molecule has 3 heterocycles. The van der Waals surface area contributed by atoms with Crippen LogP contribution in [0.4, 0.5) is 4.79 Å². The van der Waals surface area contributed by atoms with E-state index in [1.165, 1.54) is 21.4 Å². The Morgan fingerprint density at radius 3 is 2.39 bits per heavy atom. The molecule has 1 N–H and O–H groups in total. The molecule has 0 bridgehead atoms. The highest BCUT2D eigenvalue weighted by Gasteiger charge is 2.29. The van der Waals surface area contributed by atoms with Crippen LogP contribution in [0.25, 0.3) is 0 Å². The van der Waals surface area contributed by atoms with E-state index >= 15 is 0 Å². The third kappa shape index (κ3) is 3.45. The minimum atomic E-state index is -0.0718. The zero-order chi connectivity index (χ0) is 13.0. The van der Waals surface area contributed by atoms with E-state index in [2.05, 4.69) is 25.0 Å². The standard InChI is InChI=1S/C6H6N4O.C4H6N2S/c11-6-9-10(6)4-5-7-2-1-3-8-5;1-3-4(2)7-6-5-3/h1-3H,4H2,(H,9,11);1-2H3. The largest absolute Gasteiger partial charge is 0.355 e. The summed E-state index contributed by atoms with van der Waals surface area (Å²) in [5.41, 5.74) is 3.54. The van der Waals surface area contributed by atoms with E-state index in [1.54, 1.807) is 18.5 Å². The van der Waals surface area contributed by atoms with Crippen LogP contribution in [0.5, 0.6) is 0 Å². The van der Waals surface area contributed by atoms with Crippen LogP contribution in [0.1, 0.15) is 16.4 Å². The number of nitrogens with one attached hydrogen (secondary N) is 1. The lowest BCUT2D eigenvalue weighted by Gasteiger charge is -1.94. The molecule has 2 aromatic heterocycles. The van der Waals surface area contributed by atoms with E-state index in [4.69, 9.17) is 0 Å². The fourth-order valence-corrected chi connectivity index (χ4v) is 1.49. The first-order chi connectivity index (χ1) is 8.66. The summed E-state index contributed by atoms with van der Waals surface area (Å²) in [6.07, 6.45) is 3.30. The molecule has 0 unspecified atom stereocenters. The molecule has 8 heteroatoms. The first-order valence-corrected chi connectivity index (χ1v) is 6.04. The monoisotopic (exact) mass is 264 g/mol. The molecule has 2 amide bonds. The molecule has 0 atom stereocenters. The number of rotatable bonds is 2. The van der Waals surface area contributed by atoms with E-state index in [-0.39, 0.29) is 6.03 Å². The molecule has 18 heavy (non-hydrogen) atoms. The minimum Gasteiger partial charge on any atom is -0.245 e. The van der Waals surface area contributed by atoms with E-state index in [0.29, 0.717) is 12.4 Å². The van der Waals surface area contributed by atoms with Crippen LogP contribution in [0, 0.1) is 13.8 Å². The number of hydrogen-bond donors (Lipinski definition) is 1. The Kier molecular flexibility index (Phi) is 3.78. The van der Waals surface area contributed by atoms with Gasteiger partial charge in [0.2, 0.25) is 0 Å². The molecule has 0 aromatic carbocycles. The molecule has 3 rings (SSSR count). The second-order valence-electron chi connectivity index (χ2n) is 3.58. The minimum absolute atomic E-state index is 0.0718. The van der Waals surface area contributed by atoms with Gasteiger partial charge in [0, 0.05) is 17.3 Å². The Balaban J connectivity index is 0.000000149. The molecular formula is C10H12N6OS.